The Morgan fingerprint density at radius 2 is 1.87 bits per heavy atom. The van der Waals surface area contributed by atoms with Crippen LogP contribution in [0, 0.1) is 13.8 Å². The molecule has 5 rings (SSSR count). The molecule has 0 amide bonds. The quantitative estimate of drug-likeness (QED) is 0.256. The van der Waals surface area contributed by atoms with E-state index in [1.165, 1.54) is 11.8 Å². The maximum absolute atomic E-state index is 13.7. The average molecular weight is 446 g/mol. The lowest BCUT2D eigenvalue weighted by molar-refractivity contribution is 0.812. The van der Waals surface area contributed by atoms with Gasteiger partial charge in [-0.3, -0.25) is 9.36 Å². The van der Waals surface area contributed by atoms with Crippen LogP contribution in [-0.4, -0.2) is 14.5 Å². The van der Waals surface area contributed by atoms with Crippen LogP contribution >= 0.6 is 23.4 Å². The second-order valence-corrected chi connectivity index (χ2v) is 9.02. The van der Waals surface area contributed by atoms with Crippen LogP contribution in [0.1, 0.15) is 16.7 Å². The molecular weight excluding hydrogens is 426 g/mol. The van der Waals surface area contributed by atoms with E-state index in [0.29, 0.717) is 27.0 Å². The largest absolute Gasteiger partial charge is 0.349 e. The fourth-order valence-corrected chi connectivity index (χ4v) is 4.94. The molecule has 0 saturated carbocycles. The monoisotopic (exact) mass is 445 g/mol. The molecule has 0 unspecified atom stereocenters. The van der Waals surface area contributed by atoms with Crippen molar-refractivity contribution in [2.24, 2.45) is 0 Å². The number of nitrogens with one attached hydrogen (secondary N) is 1. The Labute approximate surface area is 188 Å². The number of nitrogens with zero attached hydrogens (tertiary/aromatic N) is 2. The molecular formula is C25H20ClN3OS. The summed E-state index contributed by atoms with van der Waals surface area (Å²) in [6, 6.07) is 21.8. The molecule has 2 heterocycles. The Morgan fingerprint density at radius 3 is 2.71 bits per heavy atom. The molecule has 31 heavy (non-hydrogen) atoms. The first kappa shape index (κ1) is 19.9. The van der Waals surface area contributed by atoms with Gasteiger partial charge in [0.15, 0.2) is 5.16 Å². The minimum absolute atomic E-state index is 0.0940. The van der Waals surface area contributed by atoms with Crippen LogP contribution in [-0.2, 0) is 5.75 Å². The fraction of sp³-hybridized carbons (Fsp3) is 0.120. The van der Waals surface area contributed by atoms with E-state index in [1.807, 2.05) is 74.5 Å². The van der Waals surface area contributed by atoms with Gasteiger partial charge in [-0.1, -0.05) is 65.8 Å². The molecule has 0 fully saturated rings. The molecule has 0 spiro atoms. The number of aryl methyl sites for hydroxylation is 2. The van der Waals surface area contributed by atoms with Crippen LogP contribution in [0.25, 0.3) is 27.6 Å². The Balaban J connectivity index is 1.75. The van der Waals surface area contributed by atoms with Crippen molar-refractivity contribution in [3.63, 3.8) is 0 Å². The van der Waals surface area contributed by atoms with Gasteiger partial charge >= 0.3 is 0 Å². The smallest absolute Gasteiger partial charge is 0.283 e. The summed E-state index contributed by atoms with van der Waals surface area (Å²) in [5.41, 5.74) is 6.09. The summed E-state index contributed by atoms with van der Waals surface area (Å²) in [6.07, 6.45) is 0. The second-order valence-electron chi connectivity index (χ2n) is 7.64. The topological polar surface area (TPSA) is 50.7 Å². The molecule has 0 aliphatic heterocycles. The number of H-pyrrole nitrogens is 1. The van der Waals surface area contributed by atoms with Gasteiger partial charge in [-0.05, 0) is 54.8 Å². The van der Waals surface area contributed by atoms with Gasteiger partial charge in [-0.15, -0.1) is 0 Å². The molecule has 6 heteroatoms. The Morgan fingerprint density at radius 1 is 1.03 bits per heavy atom. The van der Waals surface area contributed by atoms with Gasteiger partial charge in [0.2, 0.25) is 0 Å². The predicted octanol–water partition coefficient (Wildman–Crippen LogP) is 6.43. The van der Waals surface area contributed by atoms with Gasteiger partial charge in [-0.25, -0.2) is 4.98 Å². The number of benzene rings is 3. The summed E-state index contributed by atoms with van der Waals surface area (Å²) in [5, 5.41) is 2.31. The Hall–Kier alpha value is -3.02. The first-order chi connectivity index (χ1) is 15.0. The normalized spacial score (nSPS) is 11.5. The van der Waals surface area contributed by atoms with Crippen LogP contribution in [0.4, 0.5) is 0 Å². The highest BCUT2D eigenvalue weighted by Gasteiger charge is 2.18. The second kappa shape index (κ2) is 7.91. The predicted molar refractivity (Wildman–Crippen MR) is 130 cm³/mol. The number of hydrogen-bond acceptors (Lipinski definition) is 3. The van der Waals surface area contributed by atoms with Gasteiger partial charge in [0.05, 0.1) is 5.69 Å². The van der Waals surface area contributed by atoms with Crippen LogP contribution < -0.4 is 5.56 Å². The molecule has 154 valence electrons. The SMILES string of the molecule is Cc1ccc(C)c(-n2c(SCc3cccc(Cl)c3)nc3c([nH]c4ccccc43)c2=O)c1. The molecule has 3 aromatic carbocycles. The van der Waals surface area contributed by atoms with Crippen LogP contribution in [0.2, 0.25) is 5.02 Å². The van der Waals surface area contributed by atoms with E-state index in [1.54, 1.807) is 4.57 Å². The number of aromatic amines is 1. The van der Waals surface area contributed by atoms with Gasteiger partial charge in [0.1, 0.15) is 11.0 Å². The molecule has 2 aromatic heterocycles. The van der Waals surface area contributed by atoms with Crippen LogP contribution in [0.5, 0.6) is 0 Å². The highest BCUT2D eigenvalue weighted by molar-refractivity contribution is 7.98. The number of hydrogen-bond donors (Lipinski definition) is 1. The third-order valence-corrected chi connectivity index (χ3v) is 6.60. The zero-order chi connectivity index (χ0) is 21.5. The molecule has 4 nitrogen and oxygen atoms in total. The Kier molecular flexibility index (Phi) is 5.08. The zero-order valence-electron chi connectivity index (χ0n) is 17.1. The standard InChI is InChI=1S/C25H20ClN3OS/c1-15-10-11-16(2)21(12-15)29-24(30)23-22(19-8-3-4-9-20(19)27-23)28-25(29)31-14-17-6-5-7-18(26)13-17/h3-13,27H,14H2,1-2H3. The fourth-order valence-electron chi connectivity index (χ4n) is 3.79. The third-order valence-electron chi connectivity index (χ3n) is 5.36. The molecule has 5 aromatic rings. The summed E-state index contributed by atoms with van der Waals surface area (Å²) < 4.78 is 1.73. The van der Waals surface area contributed by atoms with Crippen molar-refractivity contribution in [2.75, 3.05) is 0 Å². The zero-order valence-corrected chi connectivity index (χ0v) is 18.7. The van der Waals surface area contributed by atoms with E-state index < -0.39 is 0 Å². The number of rotatable bonds is 4. The first-order valence-electron chi connectivity index (χ1n) is 9.99. The molecule has 0 radical (unpaired) electrons. The summed E-state index contributed by atoms with van der Waals surface area (Å²) in [7, 11) is 0. The summed E-state index contributed by atoms with van der Waals surface area (Å²) >= 11 is 7.70. The lowest BCUT2D eigenvalue weighted by atomic mass is 10.1. The Bertz CT molecular complexity index is 1500. The highest BCUT2D eigenvalue weighted by atomic mass is 35.5. The molecule has 0 saturated heterocycles. The maximum atomic E-state index is 13.7. The van der Waals surface area contributed by atoms with E-state index >= 15 is 0 Å². The summed E-state index contributed by atoms with van der Waals surface area (Å²) in [4.78, 5) is 22.0. The number of aromatic nitrogens is 3. The highest BCUT2D eigenvalue weighted by Crippen LogP contribution is 2.29. The van der Waals surface area contributed by atoms with Crippen molar-refractivity contribution >= 4 is 45.3 Å². The summed E-state index contributed by atoms with van der Waals surface area (Å²) in [5.74, 6) is 0.658. The van der Waals surface area contributed by atoms with Crippen molar-refractivity contribution in [3.05, 3.63) is 98.8 Å². The van der Waals surface area contributed by atoms with Gasteiger partial charge in [0, 0.05) is 21.7 Å². The van der Waals surface area contributed by atoms with Gasteiger partial charge < -0.3 is 4.98 Å². The molecule has 0 bridgehead atoms. The van der Waals surface area contributed by atoms with Crippen molar-refractivity contribution < 1.29 is 0 Å². The van der Waals surface area contributed by atoms with Gasteiger partial charge in [0.25, 0.3) is 5.56 Å². The van der Waals surface area contributed by atoms with Crippen molar-refractivity contribution in [1.29, 1.82) is 0 Å². The number of para-hydroxylation sites is 1. The number of thioether (sulfide) groups is 1. The lowest BCUT2D eigenvalue weighted by Gasteiger charge is -2.15. The summed E-state index contributed by atoms with van der Waals surface area (Å²) in [6.45, 7) is 4.05. The van der Waals surface area contributed by atoms with E-state index in [9.17, 15) is 4.79 Å². The van der Waals surface area contributed by atoms with Crippen LogP contribution in [0.3, 0.4) is 0 Å². The van der Waals surface area contributed by atoms with Crippen molar-refractivity contribution in [3.8, 4) is 5.69 Å². The molecule has 1 N–H and O–H groups in total. The lowest BCUT2D eigenvalue weighted by Crippen LogP contribution is -2.22. The van der Waals surface area contributed by atoms with E-state index in [4.69, 9.17) is 16.6 Å². The van der Waals surface area contributed by atoms with Gasteiger partial charge in [-0.2, -0.15) is 0 Å². The minimum Gasteiger partial charge on any atom is -0.349 e. The minimum atomic E-state index is -0.0940. The third kappa shape index (κ3) is 3.64. The first-order valence-corrected chi connectivity index (χ1v) is 11.4. The van der Waals surface area contributed by atoms with Crippen molar-refractivity contribution in [2.45, 2.75) is 24.8 Å². The molecule has 0 aliphatic rings. The van der Waals surface area contributed by atoms with Crippen molar-refractivity contribution in [1.82, 2.24) is 14.5 Å². The van der Waals surface area contributed by atoms with Crippen LogP contribution in [0.15, 0.2) is 76.7 Å². The maximum Gasteiger partial charge on any atom is 0.283 e. The van der Waals surface area contributed by atoms with E-state index in [0.717, 1.165) is 33.3 Å². The van der Waals surface area contributed by atoms with E-state index in [2.05, 4.69) is 11.1 Å². The number of halogens is 1. The molecule has 0 aliphatic carbocycles. The average Bonchev–Trinajstić information content (AvgIpc) is 3.14. The number of fused-ring (bicyclic) bond motifs is 3. The molecule has 0 atom stereocenters. The van der Waals surface area contributed by atoms with E-state index in [-0.39, 0.29) is 5.56 Å².